The van der Waals surface area contributed by atoms with Gasteiger partial charge >= 0.3 is 4.87 Å². The van der Waals surface area contributed by atoms with Crippen LogP contribution in [-0.2, 0) is 20.9 Å². The lowest BCUT2D eigenvalue weighted by atomic mass is 9.87. The molecule has 2 aromatic heterocycles. The summed E-state index contributed by atoms with van der Waals surface area (Å²) in [6.07, 6.45) is 0. The molecule has 11 heteroatoms. The molecule has 2 aliphatic heterocycles. The average Bonchev–Trinajstić information content (AvgIpc) is 3.59. The van der Waals surface area contributed by atoms with Crippen LogP contribution in [0.15, 0.2) is 75.9 Å². The van der Waals surface area contributed by atoms with Crippen LogP contribution in [0.4, 0.5) is 11.4 Å². The summed E-state index contributed by atoms with van der Waals surface area (Å²) in [5.41, 5.74) is 2.17. The number of carbonyl (C=O) groups is 3. The van der Waals surface area contributed by atoms with Crippen molar-refractivity contribution >= 4 is 75.1 Å². The number of aryl methyl sites for hydroxylation is 1. The number of imide groups is 1. The molecule has 6 rings (SSSR count). The molecule has 2 aliphatic rings. The summed E-state index contributed by atoms with van der Waals surface area (Å²) >= 11 is 9.75. The Kier molecular flexibility index (Phi) is 6.51. The fourth-order valence-corrected chi connectivity index (χ4v) is 8.70. The number of anilines is 2. The van der Waals surface area contributed by atoms with Crippen molar-refractivity contribution in [2.45, 2.75) is 29.7 Å². The predicted octanol–water partition coefficient (Wildman–Crippen LogP) is 5.37. The minimum absolute atomic E-state index is 0.191. The second-order valence-electron chi connectivity index (χ2n) is 9.08. The average molecular weight is 582 g/mol. The fraction of sp³-hybridized carbons (Fsp3) is 0.185. The summed E-state index contributed by atoms with van der Waals surface area (Å²) in [5.74, 6) is -2.10. The van der Waals surface area contributed by atoms with Gasteiger partial charge in [-0.1, -0.05) is 58.5 Å². The zero-order chi connectivity index (χ0) is 26.6. The number of carbonyl (C=O) groups excluding carboxylic acids is 3. The molecule has 38 heavy (non-hydrogen) atoms. The molecule has 0 bridgehead atoms. The molecule has 0 aliphatic carbocycles. The topological polar surface area (TPSA) is 88.5 Å². The van der Waals surface area contributed by atoms with Crippen molar-refractivity contribution in [1.82, 2.24) is 4.57 Å². The molecule has 0 radical (unpaired) electrons. The molecule has 2 aromatic carbocycles. The summed E-state index contributed by atoms with van der Waals surface area (Å²) in [6.45, 7) is 1.77. The Balaban J connectivity index is 1.38. The fourth-order valence-electron chi connectivity index (χ4n) is 4.86. The monoisotopic (exact) mass is 581 g/mol. The molecule has 3 amide bonds. The SMILES string of the molecule is Cc1ccc(NC(=O)Cn2c3c(sc2=O)[C@H](c2cccs2)C2C(=O)N(c4ccc(Cl)cc4)C(=O)C2S3)cc1. The first-order valence-corrected chi connectivity index (χ1v) is 14.7. The number of hydrogen-bond donors (Lipinski definition) is 1. The molecule has 3 atom stereocenters. The molecular weight excluding hydrogens is 562 g/mol. The van der Waals surface area contributed by atoms with Gasteiger partial charge in [0.05, 0.1) is 16.6 Å². The van der Waals surface area contributed by atoms with E-state index in [4.69, 9.17) is 11.6 Å². The Bertz CT molecular complexity index is 1610. The van der Waals surface area contributed by atoms with Crippen molar-refractivity contribution in [1.29, 1.82) is 0 Å². The van der Waals surface area contributed by atoms with Crippen molar-refractivity contribution in [2.75, 3.05) is 10.2 Å². The Labute approximate surface area is 235 Å². The highest BCUT2D eigenvalue weighted by molar-refractivity contribution is 8.00. The van der Waals surface area contributed by atoms with Crippen LogP contribution in [0.5, 0.6) is 0 Å². The number of benzene rings is 2. The van der Waals surface area contributed by atoms with Gasteiger partial charge in [-0.15, -0.1) is 11.3 Å². The maximum Gasteiger partial charge on any atom is 0.308 e. The van der Waals surface area contributed by atoms with Gasteiger partial charge in [0, 0.05) is 26.4 Å². The van der Waals surface area contributed by atoms with E-state index in [0.29, 0.717) is 26.3 Å². The molecule has 1 N–H and O–H groups in total. The summed E-state index contributed by atoms with van der Waals surface area (Å²) in [5, 5.41) is 5.10. The molecule has 4 aromatic rings. The number of thioether (sulfide) groups is 1. The van der Waals surface area contributed by atoms with E-state index < -0.39 is 17.1 Å². The lowest BCUT2D eigenvalue weighted by Crippen LogP contribution is -2.32. The van der Waals surface area contributed by atoms with Crippen molar-refractivity contribution in [3.8, 4) is 0 Å². The summed E-state index contributed by atoms with van der Waals surface area (Å²) in [4.78, 5) is 56.0. The number of fused-ring (bicyclic) bond motifs is 2. The van der Waals surface area contributed by atoms with E-state index in [-0.39, 0.29) is 29.1 Å². The number of nitrogens with one attached hydrogen (secondary N) is 1. The van der Waals surface area contributed by atoms with E-state index >= 15 is 0 Å². The van der Waals surface area contributed by atoms with Crippen LogP contribution < -0.4 is 15.1 Å². The first kappa shape index (κ1) is 25.1. The molecule has 2 unspecified atom stereocenters. The van der Waals surface area contributed by atoms with Gasteiger partial charge in [0.1, 0.15) is 11.8 Å². The Morgan fingerprint density at radius 3 is 2.42 bits per heavy atom. The Morgan fingerprint density at radius 1 is 1.00 bits per heavy atom. The van der Waals surface area contributed by atoms with E-state index in [9.17, 15) is 19.2 Å². The number of rotatable bonds is 5. The Morgan fingerprint density at radius 2 is 1.74 bits per heavy atom. The number of amides is 3. The highest BCUT2D eigenvalue weighted by Gasteiger charge is 2.57. The standard InChI is InChI=1S/C27H20ClN3O4S3/c1-14-4-8-16(9-5-14)29-19(32)13-30-26-23(38-27(30)35)20(18-3-2-12-36-18)21-22(37-26)25(34)31(24(21)33)17-10-6-15(28)7-11-17/h2-12,20-22H,13H2,1H3,(H,29,32)/t20-,21?,22?/m1/s1. The van der Waals surface area contributed by atoms with Crippen LogP contribution >= 0.6 is 46.0 Å². The number of nitrogens with zero attached hydrogens (tertiary/aromatic N) is 2. The second-order valence-corrected chi connectivity index (χ2v) is 12.6. The smallest absolute Gasteiger partial charge is 0.308 e. The van der Waals surface area contributed by atoms with E-state index in [2.05, 4.69) is 5.32 Å². The molecule has 7 nitrogen and oxygen atoms in total. The van der Waals surface area contributed by atoms with Gasteiger partial charge in [-0.2, -0.15) is 0 Å². The number of thiophene rings is 1. The van der Waals surface area contributed by atoms with Gasteiger partial charge in [0.2, 0.25) is 17.7 Å². The summed E-state index contributed by atoms with van der Waals surface area (Å²) in [6, 6.07) is 17.8. The van der Waals surface area contributed by atoms with Crippen LogP contribution in [0, 0.1) is 12.8 Å². The quantitative estimate of drug-likeness (QED) is 0.320. The molecule has 1 fully saturated rings. The third kappa shape index (κ3) is 4.31. The van der Waals surface area contributed by atoms with E-state index in [1.807, 2.05) is 36.6 Å². The number of hydrogen-bond acceptors (Lipinski definition) is 7. The third-order valence-corrected chi connectivity index (χ3v) is 10.4. The largest absolute Gasteiger partial charge is 0.325 e. The van der Waals surface area contributed by atoms with E-state index in [0.717, 1.165) is 21.8 Å². The maximum absolute atomic E-state index is 13.8. The van der Waals surface area contributed by atoms with Gasteiger partial charge < -0.3 is 5.32 Å². The molecule has 4 heterocycles. The summed E-state index contributed by atoms with van der Waals surface area (Å²) in [7, 11) is 0. The number of aromatic nitrogens is 1. The summed E-state index contributed by atoms with van der Waals surface area (Å²) < 4.78 is 1.42. The molecule has 0 saturated carbocycles. The van der Waals surface area contributed by atoms with Gasteiger partial charge in [-0.25, -0.2) is 4.90 Å². The van der Waals surface area contributed by atoms with Gasteiger partial charge in [0.15, 0.2) is 0 Å². The van der Waals surface area contributed by atoms with Crippen LogP contribution in [0.2, 0.25) is 5.02 Å². The lowest BCUT2D eigenvalue weighted by Gasteiger charge is -2.29. The first-order valence-electron chi connectivity index (χ1n) is 11.8. The number of thiazole rings is 1. The molecular formula is C27H20ClN3O4S3. The maximum atomic E-state index is 13.8. The van der Waals surface area contributed by atoms with Gasteiger partial charge in [-0.3, -0.25) is 23.7 Å². The van der Waals surface area contributed by atoms with Crippen LogP contribution in [-0.4, -0.2) is 27.5 Å². The normalized spacial score (nSPS) is 20.4. The minimum atomic E-state index is -0.724. The van der Waals surface area contributed by atoms with E-state index in [1.54, 1.807) is 36.4 Å². The van der Waals surface area contributed by atoms with Crippen molar-refractivity contribution in [3.63, 3.8) is 0 Å². The first-order chi connectivity index (χ1) is 18.3. The number of halogens is 1. The van der Waals surface area contributed by atoms with E-state index in [1.165, 1.54) is 32.6 Å². The second kappa shape index (κ2) is 9.85. The van der Waals surface area contributed by atoms with Crippen molar-refractivity contribution < 1.29 is 14.4 Å². The van der Waals surface area contributed by atoms with Crippen molar-refractivity contribution in [2.24, 2.45) is 5.92 Å². The molecule has 0 spiro atoms. The highest BCUT2D eigenvalue weighted by Crippen LogP contribution is 2.54. The highest BCUT2D eigenvalue weighted by atomic mass is 35.5. The minimum Gasteiger partial charge on any atom is -0.325 e. The Hall–Kier alpha value is -3.18. The van der Waals surface area contributed by atoms with Crippen molar-refractivity contribution in [3.05, 3.63) is 96.1 Å². The molecule has 1 saturated heterocycles. The zero-order valence-electron chi connectivity index (χ0n) is 19.9. The molecule has 192 valence electrons. The van der Waals surface area contributed by atoms with Crippen LogP contribution in [0.25, 0.3) is 0 Å². The van der Waals surface area contributed by atoms with Crippen LogP contribution in [0.1, 0.15) is 21.2 Å². The predicted molar refractivity (Wildman–Crippen MR) is 152 cm³/mol. The van der Waals surface area contributed by atoms with Gasteiger partial charge in [-0.05, 0) is 54.8 Å². The van der Waals surface area contributed by atoms with Crippen LogP contribution in [0.3, 0.4) is 0 Å². The zero-order valence-corrected chi connectivity index (χ0v) is 23.1. The van der Waals surface area contributed by atoms with Gasteiger partial charge in [0.25, 0.3) is 0 Å². The third-order valence-electron chi connectivity index (χ3n) is 6.62. The lowest BCUT2D eigenvalue weighted by molar-refractivity contribution is -0.122.